The highest BCUT2D eigenvalue weighted by atomic mass is 15.2. The van der Waals surface area contributed by atoms with Crippen LogP contribution < -0.4 is 0 Å². The van der Waals surface area contributed by atoms with Gasteiger partial charge in [0.2, 0.25) is 0 Å². The van der Waals surface area contributed by atoms with Crippen molar-refractivity contribution in [2.24, 2.45) is 10.2 Å². The lowest BCUT2D eigenvalue weighted by molar-refractivity contribution is 0.621. The van der Waals surface area contributed by atoms with Crippen LogP contribution in [0.1, 0.15) is 19.4 Å². The Morgan fingerprint density at radius 2 is 1.85 bits per heavy atom. The summed E-state index contributed by atoms with van der Waals surface area (Å²) in [6, 6.07) is 10.2. The summed E-state index contributed by atoms with van der Waals surface area (Å²) >= 11 is 0. The van der Waals surface area contributed by atoms with Crippen LogP contribution in [0, 0.1) is 0 Å². The Labute approximate surface area is 78.0 Å². The van der Waals surface area contributed by atoms with Crippen molar-refractivity contribution in [3.05, 3.63) is 47.7 Å². The van der Waals surface area contributed by atoms with Crippen LogP contribution in [-0.4, -0.2) is 0 Å². The van der Waals surface area contributed by atoms with Crippen LogP contribution in [0.2, 0.25) is 0 Å². The maximum Gasteiger partial charge on any atom is 0.124 e. The number of hydrogen-bond donors (Lipinski definition) is 0. The van der Waals surface area contributed by atoms with Gasteiger partial charge < -0.3 is 0 Å². The molecule has 0 fully saturated rings. The van der Waals surface area contributed by atoms with Crippen molar-refractivity contribution >= 4 is 0 Å². The lowest BCUT2D eigenvalue weighted by Crippen LogP contribution is -2.12. The molecule has 1 aliphatic rings. The van der Waals surface area contributed by atoms with E-state index in [1.165, 1.54) is 5.56 Å². The zero-order valence-electron chi connectivity index (χ0n) is 7.86. The Kier molecular flexibility index (Phi) is 1.76. The maximum atomic E-state index is 4.25. The molecule has 0 spiro atoms. The number of azo groups is 1. The summed E-state index contributed by atoms with van der Waals surface area (Å²) in [4.78, 5) is 0. The second kappa shape index (κ2) is 2.80. The third-order valence-corrected chi connectivity index (χ3v) is 2.26. The van der Waals surface area contributed by atoms with Gasteiger partial charge in [-0.25, -0.2) is 0 Å². The fourth-order valence-electron chi connectivity index (χ4n) is 1.56. The van der Waals surface area contributed by atoms with E-state index in [9.17, 15) is 0 Å². The molecule has 0 radical (unpaired) electrons. The highest BCUT2D eigenvalue weighted by Gasteiger charge is 2.26. The molecule has 1 aliphatic heterocycles. The third kappa shape index (κ3) is 1.39. The van der Waals surface area contributed by atoms with Gasteiger partial charge in [0, 0.05) is 0 Å². The molecule has 2 heteroatoms. The van der Waals surface area contributed by atoms with Gasteiger partial charge in [-0.3, -0.25) is 0 Å². The molecular weight excluding hydrogens is 160 g/mol. The molecule has 1 atom stereocenters. The summed E-state index contributed by atoms with van der Waals surface area (Å²) < 4.78 is 0. The topological polar surface area (TPSA) is 24.7 Å². The SMILES string of the molecule is CC1=CC(C)(c2ccccc2)N=N1. The predicted octanol–water partition coefficient (Wildman–Crippen LogP) is 3.27. The number of hydrogen-bond acceptors (Lipinski definition) is 2. The van der Waals surface area contributed by atoms with E-state index in [-0.39, 0.29) is 5.54 Å². The number of benzene rings is 1. The lowest BCUT2D eigenvalue weighted by atomic mass is 9.93. The molecule has 0 aliphatic carbocycles. The van der Waals surface area contributed by atoms with Crippen LogP contribution >= 0.6 is 0 Å². The molecule has 0 N–H and O–H groups in total. The lowest BCUT2D eigenvalue weighted by Gasteiger charge is -2.16. The standard InChI is InChI=1S/C11H12N2/c1-9-8-11(2,13-12-9)10-6-4-3-5-7-10/h3-8H,1-2H3. The first-order valence-corrected chi connectivity index (χ1v) is 4.39. The molecule has 0 amide bonds. The number of rotatable bonds is 1. The zero-order valence-corrected chi connectivity index (χ0v) is 7.86. The van der Waals surface area contributed by atoms with Crippen LogP contribution in [0.5, 0.6) is 0 Å². The Hall–Kier alpha value is -1.44. The fraction of sp³-hybridized carbons (Fsp3) is 0.273. The maximum absolute atomic E-state index is 4.25. The van der Waals surface area contributed by atoms with Crippen molar-refractivity contribution in [1.82, 2.24) is 0 Å². The Bertz CT molecular complexity index is 365. The summed E-state index contributed by atoms with van der Waals surface area (Å²) in [6.07, 6.45) is 2.09. The van der Waals surface area contributed by atoms with Gasteiger partial charge in [-0.1, -0.05) is 30.3 Å². The van der Waals surface area contributed by atoms with Gasteiger partial charge in [0.05, 0.1) is 5.70 Å². The zero-order chi connectivity index (χ0) is 9.31. The van der Waals surface area contributed by atoms with E-state index in [1.807, 2.05) is 25.1 Å². The number of nitrogens with zero attached hydrogens (tertiary/aromatic N) is 2. The third-order valence-electron chi connectivity index (χ3n) is 2.26. The molecule has 1 unspecified atom stereocenters. The van der Waals surface area contributed by atoms with Crippen molar-refractivity contribution in [2.75, 3.05) is 0 Å². The summed E-state index contributed by atoms with van der Waals surface area (Å²) in [5.74, 6) is 0. The number of allylic oxidation sites excluding steroid dienone is 1. The fourth-order valence-corrected chi connectivity index (χ4v) is 1.56. The molecule has 66 valence electrons. The average molecular weight is 172 g/mol. The van der Waals surface area contributed by atoms with Gasteiger partial charge in [0.25, 0.3) is 0 Å². The molecule has 1 heterocycles. The van der Waals surface area contributed by atoms with Gasteiger partial charge in [-0.2, -0.15) is 10.2 Å². The van der Waals surface area contributed by atoms with Gasteiger partial charge in [-0.05, 0) is 25.5 Å². The normalized spacial score (nSPS) is 26.2. The smallest absolute Gasteiger partial charge is 0.124 e. The van der Waals surface area contributed by atoms with Crippen LogP contribution in [0.15, 0.2) is 52.3 Å². The van der Waals surface area contributed by atoms with Gasteiger partial charge in [0.1, 0.15) is 5.54 Å². The van der Waals surface area contributed by atoms with Gasteiger partial charge in [-0.15, -0.1) is 0 Å². The monoisotopic (exact) mass is 172 g/mol. The highest BCUT2D eigenvalue weighted by molar-refractivity contribution is 5.31. The predicted molar refractivity (Wildman–Crippen MR) is 52.4 cm³/mol. The van der Waals surface area contributed by atoms with Crippen LogP contribution in [0.25, 0.3) is 0 Å². The van der Waals surface area contributed by atoms with E-state index < -0.39 is 0 Å². The van der Waals surface area contributed by atoms with Crippen LogP contribution in [0.4, 0.5) is 0 Å². The second-order valence-corrected chi connectivity index (χ2v) is 3.50. The molecule has 0 saturated carbocycles. The van der Waals surface area contributed by atoms with E-state index in [1.54, 1.807) is 0 Å². The van der Waals surface area contributed by atoms with Crippen LogP contribution in [0.3, 0.4) is 0 Å². The molecule has 0 aromatic heterocycles. The highest BCUT2D eigenvalue weighted by Crippen LogP contribution is 2.33. The summed E-state index contributed by atoms with van der Waals surface area (Å²) in [7, 11) is 0. The van der Waals surface area contributed by atoms with Crippen molar-refractivity contribution in [3.63, 3.8) is 0 Å². The van der Waals surface area contributed by atoms with Crippen molar-refractivity contribution < 1.29 is 0 Å². The molecule has 1 aromatic carbocycles. The first-order valence-electron chi connectivity index (χ1n) is 4.39. The molecule has 0 saturated heterocycles. The van der Waals surface area contributed by atoms with Crippen LogP contribution in [-0.2, 0) is 5.54 Å². The van der Waals surface area contributed by atoms with E-state index in [0.29, 0.717) is 0 Å². The largest absolute Gasteiger partial charge is 0.173 e. The minimum Gasteiger partial charge on any atom is -0.173 e. The van der Waals surface area contributed by atoms with E-state index in [4.69, 9.17) is 0 Å². The molecule has 1 aromatic rings. The van der Waals surface area contributed by atoms with E-state index in [0.717, 1.165) is 5.70 Å². The van der Waals surface area contributed by atoms with Crippen molar-refractivity contribution in [3.8, 4) is 0 Å². The summed E-state index contributed by atoms with van der Waals surface area (Å²) in [5.41, 5.74) is 1.94. The Balaban J connectivity index is 2.43. The van der Waals surface area contributed by atoms with Gasteiger partial charge in [0.15, 0.2) is 0 Å². The quantitative estimate of drug-likeness (QED) is 0.621. The Morgan fingerprint density at radius 3 is 2.38 bits per heavy atom. The molecule has 2 nitrogen and oxygen atoms in total. The summed E-state index contributed by atoms with van der Waals surface area (Å²) in [6.45, 7) is 4.04. The first-order chi connectivity index (χ1) is 6.21. The second-order valence-electron chi connectivity index (χ2n) is 3.50. The van der Waals surface area contributed by atoms with E-state index >= 15 is 0 Å². The molecule has 2 rings (SSSR count). The Morgan fingerprint density at radius 1 is 1.15 bits per heavy atom. The van der Waals surface area contributed by atoms with E-state index in [2.05, 4.69) is 35.4 Å². The first kappa shape index (κ1) is 8.17. The molecule has 0 bridgehead atoms. The van der Waals surface area contributed by atoms with Gasteiger partial charge >= 0.3 is 0 Å². The molecule has 13 heavy (non-hydrogen) atoms. The minimum absolute atomic E-state index is 0.245. The molecular formula is C11H12N2. The average Bonchev–Trinajstić information content (AvgIpc) is 2.49. The minimum atomic E-state index is -0.245. The van der Waals surface area contributed by atoms with Crippen molar-refractivity contribution in [2.45, 2.75) is 19.4 Å². The van der Waals surface area contributed by atoms with Crippen molar-refractivity contribution in [1.29, 1.82) is 0 Å². The summed E-state index contributed by atoms with van der Waals surface area (Å²) in [5, 5.41) is 8.30.